The zero-order chi connectivity index (χ0) is 20.8. The number of methoxy groups -OCH3 is 2. The molecule has 0 heterocycles. The third-order valence-electron chi connectivity index (χ3n) is 4.28. The Labute approximate surface area is 161 Å². The van der Waals surface area contributed by atoms with Gasteiger partial charge in [0.1, 0.15) is 12.4 Å². The van der Waals surface area contributed by atoms with Crippen LogP contribution in [0.1, 0.15) is 30.5 Å². The molecule has 0 bridgehead atoms. The Bertz CT molecular complexity index is 799. The topological polar surface area (TPSA) is 90.9 Å². The largest absolute Gasteiger partial charge is 0.508 e. The summed E-state index contributed by atoms with van der Waals surface area (Å²) in [6.07, 6.45) is 2.47. The van der Waals surface area contributed by atoms with Gasteiger partial charge >= 0.3 is 6.16 Å². The minimum Gasteiger partial charge on any atom is -0.496 e. The van der Waals surface area contributed by atoms with E-state index in [4.69, 9.17) is 9.47 Å². The summed E-state index contributed by atoms with van der Waals surface area (Å²) in [5.41, 5.74) is 2.05. The Balaban J connectivity index is 3.11. The fourth-order valence-electron chi connectivity index (χ4n) is 2.66. The van der Waals surface area contributed by atoms with Crippen LogP contribution in [0, 0.1) is 26.7 Å². The molecule has 0 radical (unpaired) electrons. The summed E-state index contributed by atoms with van der Waals surface area (Å²) >= 11 is 0. The fraction of sp³-hybridized carbons (Fsp3) is 0.526. The lowest BCUT2D eigenvalue weighted by Gasteiger charge is -2.22. The highest BCUT2D eigenvalue weighted by Gasteiger charge is 2.26. The van der Waals surface area contributed by atoms with E-state index in [1.165, 1.54) is 7.11 Å². The van der Waals surface area contributed by atoms with E-state index in [-0.39, 0.29) is 17.4 Å². The van der Waals surface area contributed by atoms with Crippen LogP contribution in [0.3, 0.4) is 0 Å². The quantitative estimate of drug-likeness (QED) is 0.533. The summed E-state index contributed by atoms with van der Waals surface area (Å²) in [5.74, 6) is 0.651. The molecule has 27 heavy (non-hydrogen) atoms. The highest BCUT2D eigenvalue weighted by Crippen LogP contribution is 2.30. The zero-order valence-electron chi connectivity index (χ0n) is 17.0. The van der Waals surface area contributed by atoms with Crippen LogP contribution in [0.5, 0.6) is 5.75 Å². The van der Waals surface area contributed by atoms with Gasteiger partial charge in [0.2, 0.25) is 10.0 Å². The summed E-state index contributed by atoms with van der Waals surface area (Å²) in [4.78, 5) is 11.2. The second kappa shape index (κ2) is 9.75. The first-order valence-corrected chi connectivity index (χ1v) is 10.1. The molecular formula is C19H29NO6S. The summed E-state index contributed by atoms with van der Waals surface area (Å²) in [6.45, 7) is 9.14. The molecule has 152 valence electrons. The molecule has 1 unspecified atom stereocenters. The van der Waals surface area contributed by atoms with Crippen LogP contribution < -0.4 is 9.46 Å². The highest BCUT2D eigenvalue weighted by atomic mass is 32.2. The number of carbonyl (C=O) groups excluding carboxylic acids is 1. The molecule has 0 saturated carbocycles. The van der Waals surface area contributed by atoms with Crippen molar-refractivity contribution >= 4 is 16.2 Å². The molecule has 8 heteroatoms. The van der Waals surface area contributed by atoms with E-state index in [2.05, 4.69) is 9.46 Å². The van der Waals surface area contributed by atoms with Crippen LogP contribution >= 0.6 is 0 Å². The Kier molecular flexibility index (Phi) is 8.30. The Morgan fingerprint density at radius 3 is 2.33 bits per heavy atom. The zero-order valence-corrected chi connectivity index (χ0v) is 17.8. The molecule has 0 amide bonds. The smallest absolute Gasteiger partial charge is 0.496 e. The molecule has 0 fully saturated rings. The van der Waals surface area contributed by atoms with E-state index in [1.807, 2.05) is 20.8 Å². The van der Waals surface area contributed by atoms with Crippen molar-refractivity contribution in [2.45, 2.75) is 45.6 Å². The molecule has 0 spiro atoms. The first kappa shape index (κ1) is 23.0. The molecule has 1 atom stereocenters. The minimum atomic E-state index is -3.76. The normalized spacial score (nSPS) is 13.0. The number of benzene rings is 1. The van der Waals surface area contributed by atoms with Crippen molar-refractivity contribution in [3.05, 3.63) is 34.9 Å². The fourth-order valence-corrected chi connectivity index (χ4v) is 4.53. The van der Waals surface area contributed by atoms with Crippen molar-refractivity contribution in [1.82, 2.24) is 4.72 Å². The van der Waals surface area contributed by atoms with Crippen molar-refractivity contribution in [2.24, 2.45) is 5.92 Å². The van der Waals surface area contributed by atoms with Gasteiger partial charge in [-0.2, -0.15) is 0 Å². The highest BCUT2D eigenvalue weighted by molar-refractivity contribution is 7.89. The Morgan fingerprint density at radius 2 is 1.81 bits per heavy atom. The van der Waals surface area contributed by atoms with Gasteiger partial charge in [-0.25, -0.2) is 17.9 Å². The molecule has 0 aliphatic carbocycles. The molecule has 1 aromatic rings. The molecule has 1 aromatic carbocycles. The van der Waals surface area contributed by atoms with Crippen LogP contribution in [-0.4, -0.2) is 41.4 Å². The summed E-state index contributed by atoms with van der Waals surface area (Å²) in [5, 5.41) is 0. The van der Waals surface area contributed by atoms with E-state index in [1.54, 1.807) is 39.2 Å². The molecular weight excluding hydrogens is 370 g/mol. The Hall–Kier alpha value is -2.06. The van der Waals surface area contributed by atoms with E-state index in [0.29, 0.717) is 16.9 Å². The summed E-state index contributed by atoms with van der Waals surface area (Å²) < 4.78 is 43.3. The van der Waals surface area contributed by atoms with Gasteiger partial charge in [0.15, 0.2) is 0 Å². The summed E-state index contributed by atoms with van der Waals surface area (Å²) in [7, 11) is -0.981. The van der Waals surface area contributed by atoms with Gasteiger partial charge in [-0.1, -0.05) is 19.9 Å². The van der Waals surface area contributed by atoms with Crippen LogP contribution in [-0.2, 0) is 19.5 Å². The number of aryl methyl sites for hydroxylation is 1. The number of carbonyl (C=O) groups is 1. The van der Waals surface area contributed by atoms with Crippen LogP contribution in [0.4, 0.5) is 4.79 Å². The standard InChI is InChI=1S/C19H29NO6S/c1-12(2)16(9-8-10-26-19(21)25-7)20-27(22,23)18-13(3)11-17(24-6)14(4)15(18)5/h8-9,11-12,16,20H,10H2,1-7H3/b9-8-. The van der Waals surface area contributed by atoms with Gasteiger partial charge in [0.25, 0.3) is 0 Å². The average Bonchev–Trinajstić information content (AvgIpc) is 2.59. The maximum Gasteiger partial charge on any atom is 0.508 e. The lowest BCUT2D eigenvalue weighted by Crippen LogP contribution is -2.37. The molecule has 7 nitrogen and oxygen atoms in total. The second-order valence-corrected chi connectivity index (χ2v) is 8.21. The number of rotatable bonds is 8. The van der Waals surface area contributed by atoms with Gasteiger partial charge in [0.05, 0.1) is 19.1 Å². The van der Waals surface area contributed by atoms with Gasteiger partial charge in [-0.05, 0) is 55.5 Å². The predicted octanol–water partition coefficient (Wildman–Crippen LogP) is 3.26. The molecule has 1 rings (SSSR count). The van der Waals surface area contributed by atoms with Crippen molar-refractivity contribution in [3.63, 3.8) is 0 Å². The van der Waals surface area contributed by atoms with Crippen LogP contribution in [0.25, 0.3) is 0 Å². The number of hydrogen-bond acceptors (Lipinski definition) is 6. The van der Waals surface area contributed by atoms with E-state index >= 15 is 0 Å². The minimum absolute atomic E-state index is 0.00266. The number of ether oxygens (including phenoxy) is 3. The van der Waals surface area contributed by atoms with Gasteiger partial charge < -0.3 is 14.2 Å². The average molecular weight is 400 g/mol. The van der Waals surface area contributed by atoms with Gasteiger partial charge in [0, 0.05) is 6.04 Å². The first-order chi connectivity index (χ1) is 12.5. The third kappa shape index (κ3) is 5.97. The maximum absolute atomic E-state index is 13.0. The van der Waals surface area contributed by atoms with E-state index in [9.17, 15) is 13.2 Å². The van der Waals surface area contributed by atoms with Crippen molar-refractivity contribution in [2.75, 3.05) is 20.8 Å². The van der Waals surface area contributed by atoms with Crippen molar-refractivity contribution < 1.29 is 27.4 Å². The first-order valence-electron chi connectivity index (χ1n) is 8.59. The number of nitrogens with one attached hydrogen (secondary N) is 1. The number of hydrogen-bond donors (Lipinski definition) is 1. The lowest BCUT2D eigenvalue weighted by molar-refractivity contribution is 0.0817. The summed E-state index contributed by atoms with van der Waals surface area (Å²) in [6, 6.07) is 1.26. The number of sulfonamides is 1. The monoisotopic (exact) mass is 399 g/mol. The lowest BCUT2D eigenvalue weighted by atomic mass is 10.1. The van der Waals surface area contributed by atoms with Crippen LogP contribution in [0.2, 0.25) is 0 Å². The molecule has 0 saturated heterocycles. The van der Waals surface area contributed by atoms with Gasteiger partial charge in [-0.15, -0.1) is 0 Å². The molecule has 0 aliphatic rings. The predicted molar refractivity (Wildman–Crippen MR) is 104 cm³/mol. The van der Waals surface area contributed by atoms with Crippen molar-refractivity contribution in [1.29, 1.82) is 0 Å². The SMILES string of the molecule is COC(=O)OC/C=C\C(NS(=O)(=O)c1c(C)cc(OC)c(C)c1C)C(C)C. The molecule has 0 aromatic heterocycles. The maximum atomic E-state index is 13.0. The van der Waals surface area contributed by atoms with E-state index in [0.717, 1.165) is 5.56 Å². The van der Waals surface area contributed by atoms with Gasteiger partial charge in [-0.3, -0.25) is 0 Å². The molecule has 0 aliphatic heterocycles. The van der Waals surface area contributed by atoms with Crippen molar-refractivity contribution in [3.8, 4) is 5.75 Å². The Morgan fingerprint density at radius 1 is 1.19 bits per heavy atom. The molecule has 1 N–H and O–H groups in total. The second-order valence-electron chi connectivity index (χ2n) is 6.56. The third-order valence-corrected chi connectivity index (χ3v) is 6.03. The van der Waals surface area contributed by atoms with E-state index < -0.39 is 22.2 Å². The van der Waals surface area contributed by atoms with Crippen LogP contribution in [0.15, 0.2) is 23.1 Å².